The van der Waals surface area contributed by atoms with Gasteiger partial charge in [-0.1, -0.05) is 6.92 Å². The number of rotatable bonds is 5. The van der Waals surface area contributed by atoms with E-state index >= 15 is 0 Å². The van der Waals surface area contributed by atoms with Crippen molar-refractivity contribution < 1.29 is 19.1 Å². The van der Waals surface area contributed by atoms with Crippen LogP contribution in [0.2, 0.25) is 0 Å². The molecular formula is C9H15ClO4. The smallest absolute Gasteiger partial charge is 0.323 e. The molecule has 0 saturated heterocycles. The summed E-state index contributed by atoms with van der Waals surface area (Å²) in [6, 6.07) is 0. The Morgan fingerprint density at radius 3 is 2.29 bits per heavy atom. The summed E-state index contributed by atoms with van der Waals surface area (Å²) < 4.78 is 8.95. The predicted molar refractivity (Wildman–Crippen MR) is 52.1 cm³/mol. The average molecular weight is 223 g/mol. The van der Waals surface area contributed by atoms with Gasteiger partial charge in [0, 0.05) is 6.42 Å². The second-order valence-electron chi connectivity index (χ2n) is 3.11. The highest BCUT2D eigenvalue weighted by molar-refractivity contribution is 6.29. The van der Waals surface area contributed by atoms with Gasteiger partial charge in [0.1, 0.15) is 5.38 Å². The number of carbonyl (C=O) groups excluding carboxylic acids is 2. The first-order chi connectivity index (χ1) is 6.51. The van der Waals surface area contributed by atoms with Crippen LogP contribution in [0.25, 0.3) is 0 Å². The van der Waals surface area contributed by atoms with Crippen molar-refractivity contribution in [2.24, 2.45) is 5.92 Å². The van der Waals surface area contributed by atoms with E-state index < -0.39 is 11.3 Å². The van der Waals surface area contributed by atoms with Gasteiger partial charge in [0.05, 0.1) is 14.2 Å². The fourth-order valence-electron chi connectivity index (χ4n) is 1.03. The highest BCUT2D eigenvalue weighted by atomic mass is 35.5. The summed E-state index contributed by atoms with van der Waals surface area (Å²) >= 11 is 5.73. The molecule has 0 aromatic carbocycles. The first-order valence-corrected chi connectivity index (χ1v) is 4.73. The van der Waals surface area contributed by atoms with Crippen molar-refractivity contribution in [3.05, 3.63) is 0 Å². The second-order valence-corrected chi connectivity index (χ2v) is 3.64. The van der Waals surface area contributed by atoms with Gasteiger partial charge in [0.15, 0.2) is 0 Å². The highest BCUT2D eigenvalue weighted by Crippen LogP contribution is 2.16. The number of alkyl halides is 1. The van der Waals surface area contributed by atoms with E-state index in [1.165, 1.54) is 14.2 Å². The minimum absolute atomic E-state index is 0.00375. The molecule has 0 aromatic heterocycles. The Morgan fingerprint density at radius 1 is 1.29 bits per heavy atom. The van der Waals surface area contributed by atoms with Crippen LogP contribution in [0.3, 0.4) is 0 Å². The monoisotopic (exact) mass is 222 g/mol. The Labute approximate surface area is 88.5 Å². The quantitative estimate of drug-likeness (QED) is 0.521. The van der Waals surface area contributed by atoms with E-state index in [0.717, 1.165) is 0 Å². The van der Waals surface area contributed by atoms with Gasteiger partial charge in [-0.05, 0) is 12.3 Å². The first-order valence-electron chi connectivity index (χ1n) is 4.30. The number of hydrogen-bond donors (Lipinski definition) is 0. The molecule has 0 amide bonds. The molecule has 4 nitrogen and oxygen atoms in total. The molecule has 14 heavy (non-hydrogen) atoms. The molecule has 0 aromatic rings. The zero-order chi connectivity index (χ0) is 11.1. The number of carbonyl (C=O) groups is 2. The van der Waals surface area contributed by atoms with Crippen molar-refractivity contribution in [2.45, 2.75) is 25.1 Å². The molecule has 0 N–H and O–H groups in total. The summed E-state index contributed by atoms with van der Waals surface area (Å²) in [4.78, 5) is 21.8. The third-order valence-electron chi connectivity index (χ3n) is 1.81. The van der Waals surface area contributed by atoms with Crippen molar-refractivity contribution in [1.82, 2.24) is 0 Å². The maximum absolute atomic E-state index is 10.9. The third-order valence-corrected chi connectivity index (χ3v) is 2.17. The number of ether oxygens (including phenoxy) is 2. The van der Waals surface area contributed by atoms with Crippen molar-refractivity contribution in [1.29, 1.82) is 0 Å². The van der Waals surface area contributed by atoms with Gasteiger partial charge in [0.25, 0.3) is 0 Å². The van der Waals surface area contributed by atoms with Gasteiger partial charge >= 0.3 is 11.9 Å². The van der Waals surface area contributed by atoms with Crippen molar-refractivity contribution in [3.8, 4) is 0 Å². The lowest BCUT2D eigenvalue weighted by Crippen LogP contribution is -2.20. The molecule has 0 rings (SSSR count). The summed E-state index contributed by atoms with van der Waals surface area (Å²) in [6.07, 6.45) is 0.667. The van der Waals surface area contributed by atoms with Crippen LogP contribution in [-0.2, 0) is 19.1 Å². The minimum Gasteiger partial charge on any atom is -0.469 e. The lowest BCUT2D eigenvalue weighted by atomic mass is 10.0. The summed E-state index contributed by atoms with van der Waals surface area (Å²) in [5.74, 6) is -0.765. The Kier molecular flexibility index (Phi) is 6.28. The number of halogens is 1. The van der Waals surface area contributed by atoms with Crippen LogP contribution in [-0.4, -0.2) is 31.5 Å². The molecule has 2 atom stereocenters. The second kappa shape index (κ2) is 6.65. The first kappa shape index (κ1) is 13.2. The molecule has 0 radical (unpaired) electrons. The maximum atomic E-state index is 10.9. The van der Waals surface area contributed by atoms with Gasteiger partial charge in [-0.25, -0.2) is 0 Å². The summed E-state index contributed by atoms with van der Waals surface area (Å²) in [5.41, 5.74) is 0. The van der Waals surface area contributed by atoms with E-state index in [9.17, 15) is 9.59 Å². The molecule has 5 heteroatoms. The predicted octanol–water partition coefficient (Wildman–Crippen LogP) is 1.36. The van der Waals surface area contributed by atoms with E-state index in [-0.39, 0.29) is 18.3 Å². The maximum Gasteiger partial charge on any atom is 0.323 e. The van der Waals surface area contributed by atoms with E-state index in [1.807, 2.05) is 6.92 Å². The molecule has 0 saturated carbocycles. The Balaban J connectivity index is 3.87. The van der Waals surface area contributed by atoms with Gasteiger partial charge in [-0.15, -0.1) is 11.6 Å². The lowest BCUT2D eigenvalue weighted by molar-refractivity contribution is -0.143. The average Bonchev–Trinajstić information content (AvgIpc) is 2.15. The topological polar surface area (TPSA) is 52.6 Å². The van der Waals surface area contributed by atoms with Crippen molar-refractivity contribution in [3.63, 3.8) is 0 Å². The van der Waals surface area contributed by atoms with E-state index in [0.29, 0.717) is 6.42 Å². The van der Waals surface area contributed by atoms with Crippen LogP contribution in [0.4, 0.5) is 0 Å². The number of hydrogen-bond acceptors (Lipinski definition) is 4. The van der Waals surface area contributed by atoms with Crippen LogP contribution < -0.4 is 0 Å². The lowest BCUT2D eigenvalue weighted by Gasteiger charge is -2.12. The SMILES string of the molecule is COC(=O)CC(C)CC(Cl)C(=O)OC. The largest absolute Gasteiger partial charge is 0.469 e. The third kappa shape index (κ3) is 5.07. The molecule has 0 fully saturated rings. The molecule has 0 spiro atoms. The van der Waals surface area contributed by atoms with Crippen LogP contribution >= 0.6 is 11.6 Å². The minimum atomic E-state index is -0.695. The van der Waals surface area contributed by atoms with Gasteiger partial charge in [-0.3, -0.25) is 9.59 Å². The standard InChI is InChI=1S/C9H15ClO4/c1-6(5-8(11)13-2)4-7(10)9(12)14-3/h6-7H,4-5H2,1-3H3. The van der Waals surface area contributed by atoms with Crippen LogP contribution in [0.1, 0.15) is 19.8 Å². The van der Waals surface area contributed by atoms with Crippen molar-refractivity contribution >= 4 is 23.5 Å². The zero-order valence-corrected chi connectivity index (χ0v) is 9.34. The van der Waals surface area contributed by atoms with Gasteiger partial charge in [-0.2, -0.15) is 0 Å². The van der Waals surface area contributed by atoms with Crippen LogP contribution in [0.5, 0.6) is 0 Å². The highest BCUT2D eigenvalue weighted by Gasteiger charge is 2.20. The fraction of sp³-hybridized carbons (Fsp3) is 0.778. The molecule has 0 aliphatic heterocycles. The fourth-order valence-corrected chi connectivity index (χ4v) is 1.42. The molecule has 0 bridgehead atoms. The van der Waals surface area contributed by atoms with Crippen molar-refractivity contribution in [2.75, 3.05) is 14.2 Å². The van der Waals surface area contributed by atoms with Gasteiger partial charge < -0.3 is 9.47 Å². The van der Waals surface area contributed by atoms with Crippen LogP contribution in [0, 0.1) is 5.92 Å². The zero-order valence-electron chi connectivity index (χ0n) is 8.58. The Bertz CT molecular complexity index is 205. The van der Waals surface area contributed by atoms with E-state index in [2.05, 4.69) is 9.47 Å². The summed E-state index contributed by atoms with van der Waals surface area (Å²) in [6.45, 7) is 1.83. The van der Waals surface area contributed by atoms with Gasteiger partial charge in [0.2, 0.25) is 0 Å². The molecule has 2 unspecified atom stereocenters. The molecule has 0 aliphatic rings. The molecule has 0 heterocycles. The Morgan fingerprint density at radius 2 is 1.86 bits per heavy atom. The molecule has 0 aliphatic carbocycles. The number of methoxy groups -OCH3 is 2. The number of esters is 2. The molecule has 82 valence electrons. The van der Waals surface area contributed by atoms with Crippen LogP contribution in [0.15, 0.2) is 0 Å². The molecular weight excluding hydrogens is 208 g/mol. The summed E-state index contributed by atoms with van der Waals surface area (Å²) in [7, 11) is 2.61. The normalized spacial score (nSPS) is 14.3. The Hall–Kier alpha value is -0.770. The summed E-state index contributed by atoms with van der Waals surface area (Å²) in [5, 5.41) is -0.695. The van der Waals surface area contributed by atoms with E-state index in [4.69, 9.17) is 11.6 Å². The van der Waals surface area contributed by atoms with E-state index in [1.54, 1.807) is 0 Å².